The van der Waals surface area contributed by atoms with Crippen molar-refractivity contribution in [3.63, 3.8) is 0 Å². The molecule has 0 saturated heterocycles. The minimum Gasteiger partial charge on any atom is -1.00 e. The molecule has 0 heterocycles. The molecule has 0 aromatic carbocycles. The molecule has 0 aliphatic carbocycles. The molecule has 0 fully saturated rings. The predicted octanol–water partition coefficient (Wildman–Crippen LogP) is 1.25. The van der Waals surface area contributed by atoms with Crippen molar-refractivity contribution in [3.05, 3.63) is 0 Å². The monoisotopic (exact) mass is 426 g/mol. The van der Waals surface area contributed by atoms with Gasteiger partial charge in [-0.2, -0.15) is 0 Å². The molecule has 0 amide bonds. The molecule has 0 aliphatic heterocycles. The fraction of sp³-hybridized carbons (Fsp3) is 0. The van der Waals surface area contributed by atoms with E-state index in [4.69, 9.17) is 57.8 Å². The van der Waals surface area contributed by atoms with Gasteiger partial charge in [0.15, 0.2) is 0 Å². The second kappa shape index (κ2) is 2.70. The van der Waals surface area contributed by atoms with Crippen molar-refractivity contribution in [3.8, 4) is 0 Å². The standard InChI is InChI=1S/6ClH.Na.Os.H/h6*1H;;;/q;;;;;;+1;+6;-1/p-6. The predicted molar refractivity (Wildman–Crippen MR) is 36.2 cm³/mol. The largest absolute Gasteiger partial charge is 1.00 e. The molecular weight excluding hydrogens is 426 g/mol. The van der Waals surface area contributed by atoms with E-state index in [0.717, 1.165) is 0 Å². The molecule has 0 radical (unpaired) electrons. The Morgan fingerprint density at radius 2 is 0.750 bits per heavy atom. The molecule has 0 aromatic rings. The van der Waals surface area contributed by atoms with Gasteiger partial charge in [0.1, 0.15) is 0 Å². The summed E-state index contributed by atoms with van der Waals surface area (Å²) in [6.45, 7) is -5.38. The first-order valence-corrected chi connectivity index (χ1v) is 19.7. The third-order valence-corrected chi connectivity index (χ3v) is 0. The van der Waals surface area contributed by atoms with E-state index >= 15 is 0 Å². The van der Waals surface area contributed by atoms with Gasteiger partial charge in [-0.3, -0.25) is 0 Å². The van der Waals surface area contributed by atoms with E-state index in [9.17, 15) is 0 Å². The molecule has 0 spiro atoms. The van der Waals surface area contributed by atoms with E-state index in [0.29, 0.717) is 0 Å². The third kappa shape index (κ3) is 57.7. The Morgan fingerprint density at radius 1 is 0.750 bits per heavy atom. The summed E-state index contributed by atoms with van der Waals surface area (Å²) in [5.74, 6) is 0. The molecular formula is HCl6NaOs. The molecule has 0 bridgehead atoms. The van der Waals surface area contributed by atoms with Crippen molar-refractivity contribution in [2.45, 2.75) is 0 Å². The van der Waals surface area contributed by atoms with Crippen molar-refractivity contribution in [2.75, 3.05) is 0 Å². The van der Waals surface area contributed by atoms with Crippen LogP contribution in [0, 0.1) is 0 Å². The number of hydrogen-bond donors (Lipinski definition) is 0. The van der Waals surface area contributed by atoms with Gasteiger partial charge in [0.05, 0.1) is 0 Å². The number of hydrogen-bond acceptors (Lipinski definition) is 0. The summed E-state index contributed by atoms with van der Waals surface area (Å²) in [7, 11) is 30.4. The number of halogens is 6. The summed E-state index contributed by atoms with van der Waals surface area (Å²) in [6.07, 6.45) is 0. The van der Waals surface area contributed by atoms with Crippen molar-refractivity contribution < 1.29 is 37.6 Å². The van der Waals surface area contributed by atoms with Gasteiger partial charge in [0.25, 0.3) is 0 Å². The normalized spacial score (nSPS) is 20.2. The maximum Gasteiger partial charge on any atom is 1.00 e. The Bertz CT molecular complexity index is 71.6. The molecule has 0 saturated carbocycles. The molecule has 0 unspecified atom stereocenters. The molecule has 0 atom stereocenters. The zero-order valence-electron chi connectivity index (χ0n) is 4.62. The van der Waals surface area contributed by atoms with Gasteiger partial charge in [-0.25, -0.2) is 0 Å². The summed E-state index contributed by atoms with van der Waals surface area (Å²) in [4.78, 5) is 0. The summed E-state index contributed by atoms with van der Waals surface area (Å²) in [5.41, 5.74) is 0. The van der Waals surface area contributed by atoms with Crippen LogP contribution in [0.4, 0.5) is 0 Å². The Balaban J connectivity index is -0.000000180. The fourth-order valence-corrected chi connectivity index (χ4v) is 0. The van der Waals surface area contributed by atoms with Crippen LogP contribution in [0.2, 0.25) is 0 Å². The topological polar surface area (TPSA) is 0 Å². The maximum absolute atomic E-state index is 5.38. The van der Waals surface area contributed by atoms with Gasteiger partial charge in [-0.05, 0) is 0 Å². The average molecular weight is 427 g/mol. The fourth-order valence-electron chi connectivity index (χ4n) is 0. The van der Waals surface area contributed by atoms with Crippen LogP contribution >= 0.6 is 57.8 Å². The van der Waals surface area contributed by atoms with Crippen molar-refractivity contribution >= 4 is 57.8 Å². The summed E-state index contributed by atoms with van der Waals surface area (Å²) >= 11 is 0. The first-order chi connectivity index (χ1) is 2.45. The van der Waals surface area contributed by atoms with Gasteiger partial charge in [0, 0.05) is 0 Å². The van der Waals surface area contributed by atoms with E-state index < -0.39 is 6.64 Å². The van der Waals surface area contributed by atoms with Crippen LogP contribution in [0.25, 0.3) is 0 Å². The van der Waals surface area contributed by atoms with Gasteiger partial charge >= 0.3 is 94.0 Å². The average Bonchev–Trinajstić information content (AvgIpc) is 0.592. The van der Waals surface area contributed by atoms with Crippen LogP contribution in [0.1, 0.15) is 1.43 Å². The third-order valence-electron chi connectivity index (χ3n) is 0. The summed E-state index contributed by atoms with van der Waals surface area (Å²) in [5, 5.41) is 0. The summed E-state index contributed by atoms with van der Waals surface area (Å²) in [6, 6.07) is 0. The Kier molecular flexibility index (Phi) is 4.70. The minimum atomic E-state index is -5.38. The minimum absolute atomic E-state index is 0. The van der Waals surface area contributed by atoms with Gasteiger partial charge in [0.2, 0.25) is 0 Å². The maximum atomic E-state index is 5.06. The second-order valence-corrected chi connectivity index (χ2v) is 55.8. The molecule has 0 aliphatic rings. The molecule has 52 valence electrons. The quantitative estimate of drug-likeness (QED) is 0.511. The van der Waals surface area contributed by atoms with Crippen LogP contribution in [0.15, 0.2) is 0 Å². The van der Waals surface area contributed by atoms with Crippen molar-refractivity contribution in [1.82, 2.24) is 0 Å². The van der Waals surface area contributed by atoms with Crippen LogP contribution in [-0.2, 0) is 6.64 Å². The Hall–Kier alpha value is 3.38. The molecule has 8 heavy (non-hydrogen) atoms. The SMILES string of the molecule is [Cl][Os]([Cl])([Cl])([Cl])([Cl])[Cl].[H-].[Na+]. The van der Waals surface area contributed by atoms with Crippen LogP contribution in [0.5, 0.6) is 0 Å². The van der Waals surface area contributed by atoms with E-state index in [1.54, 1.807) is 0 Å². The van der Waals surface area contributed by atoms with E-state index in [1.807, 2.05) is 0 Å². The van der Waals surface area contributed by atoms with E-state index in [2.05, 4.69) is 0 Å². The zero-order chi connectivity index (χ0) is 6.41. The van der Waals surface area contributed by atoms with Crippen LogP contribution < -0.4 is 29.6 Å². The Morgan fingerprint density at radius 3 is 0.750 bits per heavy atom. The molecule has 0 nitrogen and oxygen atoms in total. The van der Waals surface area contributed by atoms with E-state index in [1.165, 1.54) is 0 Å². The van der Waals surface area contributed by atoms with Crippen LogP contribution in [-0.4, -0.2) is 0 Å². The molecule has 0 aromatic heterocycles. The van der Waals surface area contributed by atoms with Gasteiger partial charge < -0.3 is 1.43 Å². The zero-order valence-corrected chi connectivity index (χ0v) is 12.7. The first-order valence-electron chi connectivity index (χ1n) is 0.802. The van der Waals surface area contributed by atoms with Crippen molar-refractivity contribution in [1.29, 1.82) is 0 Å². The first kappa shape index (κ1) is 13.9. The Labute approximate surface area is 93.6 Å². The van der Waals surface area contributed by atoms with Gasteiger partial charge in [-0.1, -0.05) is 0 Å². The van der Waals surface area contributed by atoms with Gasteiger partial charge in [-0.15, -0.1) is 0 Å². The molecule has 0 N–H and O–H groups in total. The van der Waals surface area contributed by atoms with Crippen molar-refractivity contribution in [2.24, 2.45) is 0 Å². The smallest absolute Gasteiger partial charge is 1.00 e. The second-order valence-electron chi connectivity index (χ2n) is 0.758. The molecule has 0 rings (SSSR count). The summed E-state index contributed by atoms with van der Waals surface area (Å²) < 4.78 is 0. The van der Waals surface area contributed by atoms with E-state index in [-0.39, 0.29) is 31.0 Å². The van der Waals surface area contributed by atoms with Crippen LogP contribution in [0.3, 0.4) is 0 Å². The molecule has 8 heteroatoms. The number of rotatable bonds is 0.